The Kier molecular flexibility index (Phi) is 57.2. The Morgan fingerprint density at radius 2 is 0.711 bits per heavy atom. The van der Waals surface area contributed by atoms with Crippen molar-refractivity contribution in [1.82, 2.24) is 44.9 Å². The lowest BCUT2D eigenvalue weighted by Crippen LogP contribution is -2.36. The second-order valence-electron chi connectivity index (χ2n) is 38.1. The van der Waals surface area contributed by atoms with E-state index in [0.29, 0.717) is 68.4 Å². The van der Waals surface area contributed by atoms with E-state index in [1.54, 1.807) is 48.6 Å². The maximum absolute atomic E-state index is 12.3. The summed E-state index contributed by atoms with van der Waals surface area (Å²) < 4.78 is 78.9. The van der Waals surface area contributed by atoms with Gasteiger partial charge in [0.25, 0.3) is 0 Å². The largest absolute Gasteiger partial charge is 0.534 e. The Labute approximate surface area is 782 Å². The molecule has 11 atom stereocenters. The Morgan fingerprint density at radius 1 is 0.398 bits per heavy atom. The third-order valence-corrected chi connectivity index (χ3v) is 23.9. The van der Waals surface area contributed by atoms with Crippen molar-refractivity contribution in [3.8, 4) is 0 Å². The first-order valence-electron chi connectivity index (χ1n) is 43.3. The zero-order chi connectivity index (χ0) is 90.5. The lowest BCUT2D eigenvalue weighted by atomic mass is 9.99. The fourth-order valence-corrected chi connectivity index (χ4v) is 15.2. The normalized spacial score (nSPS) is 23.2. The summed E-state index contributed by atoms with van der Waals surface area (Å²) in [5.74, 6) is 4.16. The van der Waals surface area contributed by atoms with E-state index in [9.17, 15) is 45.6 Å². The van der Waals surface area contributed by atoms with Gasteiger partial charge in [0.05, 0.1) is 19.0 Å². The molecule has 22 nitrogen and oxygen atoms in total. The van der Waals surface area contributed by atoms with Crippen molar-refractivity contribution in [2.45, 2.75) is 214 Å². The average Bonchev–Trinajstić information content (AvgIpc) is 0.975. The van der Waals surface area contributed by atoms with Gasteiger partial charge in [-0.05, 0) is 185 Å². The summed E-state index contributed by atoms with van der Waals surface area (Å²) in [6, 6.07) is 41.2. The number of likely N-dealkylation sites (tertiary alicyclic amines) is 5. The fraction of sp³-hybridized carbons (Fsp3) is 0.632. The maximum Gasteiger partial charge on any atom is 0.534 e. The molecule has 9 aliphatic heterocycles. The third-order valence-electron chi connectivity index (χ3n) is 22.9. The molecule has 9 aliphatic rings. The highest BCUT2D eigenvalue weighted by Gasteiger charge is 2.50. The van der Waals surface area contributed by atoms with Gasteiger partial charge in [-0.25, -0.2) is 14.4 Å². The molecule has 0 bridgehead atoms. The highest BCUT2D eigenvalue weighted by Crippen LogP contribution is 2.32. The number of benzene rings is 4. The van der Waals surface area contributed by atoms with Crippen LogP contribution in [0.2, 0.25) is 0 Å². The lowest BCUT2D eigenvalue weighted by molar-refractivity contribution is -0.142. The van der Waals surface area contributed by atoms with Crippen molar-refractivity contribution in [2.24, 2.45) is 64.9 Å². The summed E-state index contributed by atoms with van der Waals surface area (Å²) in [4.78, 5) is 71.2. The monoisotopic (exact) mass is 1790 g/mol. The van der Waals surface area contributed by atoms with Crippen molar-refractivity contribution in [3.05, 3.63) is 177 Å². The number of carboxylic acid groups (broad SMARTS) is 1. The number of hydrogen-bond acceptors (Lipinski definition) is 18. The fourth-order valence-electron chi connectivity index (χ4n) is 14.6. The van der Waals surface area contributed by atoms with Gasteiger partial charge in [-0.2, -0.15) is 21.6 Å². The van der Waals surface area contributed by atoms with Crippen LogP contribution in [0.3, 0.4) is 0 Å². The molecule has 4 aromatic carbocycles. The number of rotatable bonds is 11. The van der Waals surface area contributed by atoms with E-state index in [4.69, 9.17) is 25.1 Å². The molecule has 6 saturated heterocycles. The topological polar surface area (TPSA) is 249 Å². The lowest BCUT2D eigenvalue weighted by Gasteiger charge is -2.24. The highest BCUT2D eigenvalue weighted by atomic mass is 32.2. The van der Waals surface area contributed by atoms with Crippen LogP contribution >= 0.6 is 0 Å². The molecule has 11 unspecified atom stereocenters. The van der Waals surface area contributed by atoms with Gasteiger partial charge in [-0.1, -0.05) is 206 Å². The number of halogens is 3. The van der Waals surface area contributed by atoms with Crippen LogP contribution in [0.25, 0.3) is 0 Å². The van der Waals surface area contributed by atoms with Gasteiger partial charge in [0, 0.05) is 189 Å². The second kappa shape index (κ2) is 58.6. The van der Waals surface area contributed by atoms with Gasteiger partial charge in [-0.3, -0.25) is 29.2 Å². The predicted molar refractivity (Wildman–Crippen MR) is 518 cm³/mol. The molecule has 9 heterocycles. The minimum atomic E-state index is -5.59. The molecule has 0 aromatic heterocycles. The van der Waals surface area contributed by atoms with Crippen molar-refractivity contribution in [3.63, 3.8) is 0 Å². The average molecular weight is 1790 g/mol. The van der Waals surface area contributed by atoms with Crippen LogP contribution in [0.4, 0.5) is 27.6 Å². The molecule has 21 radical (unpaired) electrons. The van der Waals surface area contributed by atoms with Crippen LogP contribution in [0.15, 0.2) is 155 Å². The van der Waals surface area contributed by atoms with Crippen LogP contribution in [-0.2, 0) is 64.3 Å². The molecule has 33 heteroatoms. The molecule has 0 aliphatic carbocycles. The summed E-state index contributed by atoms with van der Waals surface area (Å²) >= 11 is 0. The van der Waals surface area contributed by atoms with Crippen LogP contribution in [0.5, 0.6) is 0 Å². The van der Waals surface area contributed by atoms with E-state index in [1.165, 1.54) is 58.9 Å². The number of carboxylic acids is 1. The number of Topliss-reactive ketones (excluding diaryl/α,β-unsaturated/α-hetero) is 1. The third kappa shape index (κ3) is 45.7. The van der Waals surface area contributed by atoms with Crippen LogP contribution in [0.1, 0.15) is 181 Å². The van der Waals surface area contributed by atoms with E-state index >= 15 is 0 Å². The smallest absolute Gasteiger partial charge is 0.481 e. The van der Waals surface area contributed by atoms with Crippen LogP contribution in [-0.4, -0.2) is 283 Å². The minimum Gasteiger partial charge on any atom is -0.481 e. The number of carbonyl (C=O) groups excluding carboxylic acids is 4. The first-order valence-corrected chi connectivity index (χ1v) is 44.7. The summed E-state index contributed by atoms with van der Waals surface area (Å²) in [6.45, 7) is 65.3. The van der Waals surface area contributed by atoms with Gasteiger partial charge in [-0.15, -0.1) is 0 Å². The number of alkyl halides is 3. The zero-order valence-corrected chi connectivity index (χ0v) is 82.0. The summed E-state index contributed by atoms with van der Waals surface area (Å²) in [7, 11) is -5.59. The summed E-state index contributed by atoms with van der Waals surface area (Å²) in [5, 5.41) is 15.5. The first-order chi connectivity index (χ1) is 56.4. The number of nitrogens with two attached hydrogens (primary N) is 1. The van der Waals surface area contributed by atoms with Crippen molar-refractivity contribution in [1.29, 1.82) is 0 Å². The van der Waals surface area contributed by atoms with Gasteiger partial charge in [0.1, 0.15) is 22.6 Å². The van der Waals surface area contributed by atoms with E-state index in [1.807, 2.05) is 109 Å². The van der Waals surface area contributed by atoms with Gasteiger partial charge < -0.3 is 54.6 Å². The number of ether oxygens (including phenoxy) is 3. The van der Waals surface area contributed by atoms with Gasteiger partial charge in [0.15, 0.2) is 5.78 Å². The highest BCUT2D eigenvalue weighted by molar-refractivity contribution is 7.87. The van der Waals surface area contributed by atoms with E-state index in [-0.39, 0.29) is 113 Å². The minimum absolute atomic E-state index is 0. The Bertz CT molecular complexity index is 3950. The van der Waals surface area contributed by atoms with Crippen molar-refractivity contribution < 1.29 is 69.1 Å². The van der Waals surface area contributed by atoms with Gasteiger partial charge >= 0.3 is 39.9 Å². The van der Waals surface area contributed by atoms with E-state index in [2.05, 4.69) is 178 Å². The van der Waals surface area contributed by atoms with Crippen LogP contribution in [0, 0.1) is 59.2 Å². The quantitative estimate of drug-likeness (QED) is 0.0358. The molecule has 0 saturated carbocycles. The molecule has 4 aromatic rings. The zero-order valence-electron chi connectivity index (χ0n) is 81.2. The molecule has 128 heavy (non-hydrogen) atoms. The Balaban J connectivity index is -0.00000138. The molecule has 6 fully saturated rings. The SMILES string of the molecule is CC1=C(C)CN(Cc2ccccc2)C1.CC1=C(C)CNC1.CC1=C(OS(=O)(=O)C(F)(F)F)CN(Cc2ccccc2)C1.CC1CN(C(=O)OC(C)(C)C)CC1C.CC1CN(C(=O)OC(C)(C)C)CC1C(=O)O.CC1CN(C(=O)OC(C)(C)C)CC1N.CC1CN(Cc2ccccc2)CC1=O.CC1CN(Cc2ccccc2)CC1C.CC1CNCC1C.[B].[B].[B].[B].[B].[B].[B]. The van der Waals surface area contributed by atoms with Crippen molar-refractivity contribution >= 4 is 99.0 Å². The number of nitrogens with zero attached hydrogens (tertiary/aromatic N) is 7. The molecular weight excluding hydrogens is 1640 g/mol. The molecule has 13 rings (SSSR count). The molecular formula is C95H149B7F3N10O12S. The van der Waals surface area contributed by atoms with E-state index < -0.39 is 44.8 Å². The van der Waals surface area contributed by atoms with Gasteiger partial charge in [0.2, 0.25) is 0 Å². The second-order valence-corrected chi connectivity index (χ2v) is 39.7. The maximum atomic E-state index is 12.3. The van der Waals surface area contributed by atoms with E-state index in [0.717, 1.165) is 94.7 Å². The summed E-state index contributed by atoms with van der Waals surface area (Å²) in [5.41, 5.74) is 10.8. The Hall–Kier alpha value is -7.24. The standard InChI is InChI=1S/C13H14F3NO3S.C13H19N.C13H17N.C12H15NO.C11H19NO4.C11H21NO2.C10H20N2O2.C6H13N.C6H11N.7B/c1-10-7-17(8-11-5-3-2-4-6-11)9-12(10)20-21(18,19)13(14,15)16;2*1-11-8-14(9-12(11)2)10-13-6-4-3-5-7-13;1-10-7-13(9-12(10)14)8-11-5-3-2-4-6-11;1-7-5-12(6-8(7)9(13)14)10(15)16-11(2,3)4;1-8-6-12(7-9(8)2)10(13)14-11(3,4)5;1-7-5-12(6-8(7)11)9(13)14-10(2,3)4;2*1-5-3-7-4-6(5)2;;;;;;;/h2-6H,7-9H2,1H3;3-7,11-12H,8-10H2,1-2H3;3-7H,8-10H2,1-2H3;2-6,10H,7-9H2,1H3;7-8H,5-6H2,1-4H3,(H,13,14);8-9H,6-7H2,1-5H3;7-8H,5-6,11H2,1-4H3;5-7H,3-4H2,1-2H3;7H,3-4H2,1-2H3;;;;;;;. The summed E-state index contributed by atoms with van der Waals surface area (Å²) in [6.07, 6.45) is -0.853. The number of hydrogen-bond donors (Lipinski definition) is 4. The number of aliphatic carboxylic acids is 1. The molecule has 5 N–H and O–H groups in total. The number of ketones is 1. The van der Waals surface area contributed by atoms with Crippen LogP contribution < -0.4 is 16.4 Å². The predicted octanol–water partition coefficient (Wildman–Crippen LogP) is 14.4. The Morgan fingerprint density at radius 3 is 1.00 bits per heavy atom. The molecule has 3 amide bonds. The molecule has 699 valence electrons. The number of amides is 3. The first kappa shape index (κ1) is 125. The number of nitrogens with one attached hydrogen (secondary N) is 2. The van der Waals surface area contributed by atoms with Crippen molar-refractivity contribution in [2.75, 3.05) is 118 Å². The molecule has 0 spiro atoms. The number of carbonyl (C=O) groups is 5.